The van der Waals surface area contributed by atoms with Crippen molar-refractivity contribution < 1.29 is 9.21 Å². The second-order valence-electron chi connectivity index (χ2n) is 6.20. The van der Waals surface area contributed by atoms with Gasteiger partial charge in [-0.25, -0.2) is 0 Å². The molecule has 0 aliphatic carbocycles. The molecule has 0 atom stereocenters. The minimum Gasteiger partial charge on any atom is -0.459 e. The van der Waals surface area contributed by atoms with Gasteiger partial charge in [-0.2, -0.15) is 0 Å². The molecule has 2 aromatic rings. The molecule has 4 rings (SSSR count). The van der Waals surface area contributed by atoms with E-state index >= 15 is 0 Å². The zero-order chi connectivity index (χ0) is 16.4. The van der Waals surface area contributed by atoms with E-state index in [0.29, 0.717) is 18.8 Å². The van der Waals surface area contributed by atoms with E-state index in [1.165, 1.54) is 19.1 Å². The largest absolute Gasteiger partial charge is 0.459 e. The van der Waals surface area contributed by atoms with Crippen molar-refractivity contribution in [2.45, 2.75) is 12.8 Å². The highest BCUT2D eigenvalue weighted by molar-refractivity contribution is 5.91. The fraction of sp³-hybridized carbons (Fsp3) is 0.471. The van der Waals surface area contributed by atoms with Crippen molar-refractivity contribution in [2.24, 2.45) is 0 Å². The number of aromatic nitrogens is 2. The van der Waals surface area contributed by atoms with Crippen LogP contribution in [0.15, 0.2) is 34.9 Å². The number of hydrogen-bond acceptors (Lipinski definition) is 6. The lowest BCUT2D eigenvalue weighted by molar-refractivity contribution is 0.0714. The Hall–Kier alpha value is -2.57. The molecule has 7 nitrogen and oxygen atoms in total. The van der Waals surface area contributed by atoms with Gasteiger partial charge in [0, 0.05) is 39.3 Å². The van der Waals surface area contributed by atoms with Crippen LogP contribution in [0.1, 0.15) is 23.4 Å². The molecule has 0 radical (unpaired) electrons. The van der Waals surface area contributed by atoms with E-state index in [2.05, 4.69) is 20.0 Å². The Morgan fingerprint density at radius 2 is 1.50 bits per heavy atom. The summed E-state index contributed by atoms with van der Waals surface area (Å²) in [6.07, 6.45) is 3.99. The van der Waals surface area contributed by atoms with E-state index in [-0.39, 0.29) is 5.91 Å². The van der Waals surface area contributed by atoms with Crippen LogP contribution in [0.5, 0.6) is 0 Å². The van der Waals surface area contributed by atoms with E-state index in [9.17, 15) is 4.79 Å². The Bertz CT molecular complexity index is 672. The average molecular weight is 327 g/mol. The molecular weight excluding hydrogens is 306 g/mol. The van der Waals surface area contributed by atoms with E-state index in [4.69, 9.17) is 4.42 Å². The highest BCUT2D eigenvalue weighted by Gasteiger charge is 2.24. The molecule has 0 N–H and O–H groups in total. The van der Waals surface area contributed by atoms with Crippen molar-refractivity contribution in [1.29, 1.82) is 0 Å². The second-order valence-corrected chi connectivity index (χ2v) is 6.20. The first-order valence-corrected chi connectivity index (χ1v) is 8.48. The normalized spacial score (nSPS) is 18.2. The van der Waals surface area contributed by atoms with Crippen molar-refractivity contribution in [1.82, 2.24) is 15.1 Å². The van der Waals surface area contributed by atoms with E-state index in [1.54, 1.807) is 12.1 Å². The number of carbonyl (C=O) groups is 1. The van der Waals surface area contributed by atoms with Crippen LogP contribution in [0.3, 0.4) is 0 Å². The van der Waals surface area contributed by atoms with Crippen molar-refractivity contribution >= 4 is 17.5 Å². The summed E-state index contributed by atoms with van der Waals surface area (Å²) in [4.78, 5) is 18.5. The van der Waals surface area contributed by atoms with Crippen LogP contribution in [-0.2, 0) is 0 Å². The summed E-state index contributed by atoms with van der Waals surface area (Å²) in [5.41, 5.74) is 0. The highest BCUT2D eigenvalue weighted by atomic mass is 16.3. The Balaban J connectivity index is 1.36. The lowest BCUT2D eigenvalue weighted by atomic mass is 10.3. The monoisotopic (exact) mass is 327 g/mol. The first-order valence-electron chi connectivity index (χ1n) is 8.48. The van der Waals surface area contributed by atoms with Gasteiger partial charge in [-0.15, -0.1) is 10.2 Å². The number of anilines is 2. The molecule has 0 bridgehead atoms. The topological polar surface area (TPSA) is 65.7 Å². The second kappa shape index (κ2) is 6.51. The SMILES string of the molecule is O=C(c1ccco1)N1CCN(c2ccc(N3CCCC3)nn2)CC1. The van der Waals surface area contributed by atoms with E-state index in [1.807, 2.05) is 17.0 Å². The number of carbonyl (C=O) groups excluding carboxylic acids is 1. The maximum absolute atomic E-state index is 12.3. The summed E-state index contributed by atoms with van der Waals surface area (Å²) < 4.78 is 5.19. The summed E-state index contributed by atoms with van der Waals surface area (Å²) in [6.45, 7) is 4.97. The van der Waals surface area contributed by atoms with Crippen LogP contribution in [0.2, 0.25) is 0 Å². The molecule has 0 unspecified atom stereocenters. The van der Waals surface area contributed by atoms with Gasteiger partial charge in [0.2, 0.25) is 0 Å². The van der Waals surface area contributed by atoms with Gasteiger partial charge in [-0.3, -0.25) is 4.79 Å². The first kappa shape index (κ1) is 15.0. The standard InChI is InChI=1S/C17H21N5O2/c23-17(14-4-3-13-24-14)22-11-9-21(10-12-22)16-6-5-15(18-19-16)20-7-1-2-8-20/h3-6,13H,1-2,7-12H2. The zero-order valence-electron chi connectivity index (χ0n) is 13.6. The molecule has 1 amide bonds. The van der Waals surface area contributed by atoms with Crippen LogP contribution < -0.4 is 9.80 Å². The van der Waals surface area contributed by atoms with Crippen LogP contribution in [0.25, 0.3) is 0 Å². The van der Waals surface area contributed by atoms with Gasteiger partial charge in [0.1, 0.15) is 0 Å². The molecule has 2 aromatic heterocycles. The Morgan fingerprint density at radius 1 is 0.875 bits per heavy atom. The molecule has 0 spiro atoms. The highest BCUT2D eigenvalue weighted by Crippen LogP contribution is 2.20. The molecule has 0 saturated carbocycles. The minimum absolute atomic E-state index is 0.0462. The number of nitrogens with zero attached hydrogens (tertiary/aromatic N) is 5. The quantitative estimate of drug-likeness (QED) is 0.854. The van der Waals surface area contributed by atoms with Crippen molar-refractivity contribution in [3.05, 3.63) is 36.3 Å². The van der Waals surface area contributed by atoms with Crippen LogP contribution in [0, 0.1) is 0 Å². The Kier molecular flexibility index (Phi) is 4.06. The Morgan fingerprint density at radius 3 is 2.04 bits per heavy atom. The van der Waals surface area contributed by atoms with Gasteiger partial charge in [-0.1, -0.05) is 0 Å². The van der Waals surface area contributed by atoms with Gasteiger partial charge < -0.3 is 19.1 Å². The van der Waals surface area contributed by atoms with Crippen LogP contribution in [0.4, 0.5) is 11.6 Å². The predicted molar refractivity (Wildman–Crippen MR) is 90.3 cm³/mol. The number of piperazine rings is 1. The smallest absolute Gasteiger partial charge is 0.289 e. The summed E-state index contributed by atoms with van der Waals surface area (Å²) in [7, 11) is 0. The zero-order valence-corrected chi connectivity index (χ0v) is 13.6. The van der Waals surface area contributed by atoms with Crippen molar-refractivity contribution in [3.63, 3.8) is 0 Å². The number of hydrogen-bond donors (Lipinski definition) is 0. The van der Waals surface area contributed by atoms with E-state index in [0.717, 1.165) is 37.8 Å². The van der Waals surface area contributed by atoms with Gasteiger partial charge in [-0.05, 0) is 37.1 Å². The molecule has 126 valence electrons. The fourth-order valence-corrected chi connectivity index (χ4v) is 3.30. The predicted octanol–water partition coefficient (Wildman–Crippen LogP) is 1.63. The lowest BCUT2D eigenvalue weighted by Crippen LogP contribution is -2.49. The third kappa shape index (κ3) is 2.93. The van der Waals surface area contributed by atoms with Gasteiger partial charge in [0.25, 0.3) is 5.91 Å². The third-order valence-corrected chi connectivity index (χ3v) is 4.69. The minimum atomic E-state index is -0.0462. The molecule has 0 aromatic carbocycles. The maximum atomic E-state index is 12.3. The molecule has 2 fully saturated rings. The number of rotatable bonds is 3. The molecule has 4 heterocycles. The van der Waals surface area contributed by atoms with Gasteiger partial charge in [0.05, 0.1) is 6.26 Å². The first-order chi connectivity index (χ1) is 11.8. The Labute approximate surface area is 140 Å². The molecular formula is C17H21N5O2. The molecule has 7 heteroatoms. The molecule has 2 saturated heterocycles. The van der Waals surface area contributed by atoms with Gasteiger partial charge in [0.15, 0.2) is 17.4 Å². The molecule has 2 aliphatic heterocycles. The van der Waals surface area contributed by atoms with Crippen molar-refractivity contribution in [3.8, 4) is 0 Å². The molecule has 2 aliphatic rings. The number of furan rings is 1. The summed E-state index contributed by atoms with van der Waals surface area (Å²) in [6, 6.07) is 7.52. The van der Waals surface area contributed by atoms with E-state index < -0.39 is 0 Å². The summed E-state index contributed by atoms with van der Waals surface area (Å²) in [5.74, 6) is 2.19. The van der Waals surface area contributed by atoms with Gasteiger partial charge >= 0.3 is 0 Å². The maximum Gasteiger partial charge on any atom is 0.289 e. The summed E-state index contributed by atoms with van der Waals surface area (Å²) >= 11 is 0. The van der Waals surface area contributed by atoms with Crippen LogP contribution in [-0.4, -0.2) is 60.3 Å². The van der Waals surface area contributed by atoms with Crippen molar-refractivity contribution in [2.75, 3.05) is 49.1 Å². The molecule has 24 heavy (non-hydrogen) atoms. The fourth-order valence-electron chi connectivity index (χ4n) is 3.30. The average Bonchev–Trinajstić information content (AvgIpc) is 3.35. The number of amides is 1. The lowest BCUT2D eigenvalue weighted by Gasteiger charge is -2.34. The van der Waals surface area contributed by atoms with Crippen LogP contribution >= 0.6 is 0 Å². The summed E-state index contributed by atoms with van der Waals surface area (Å²) in [5, 5.41) is 8.75. The third-order valence-electron chi connectivity index (χ3n) is 4.69.